The van der Waals surface area contributed by atoms with Crippen molar-refractivity contribution in [3.63, 3.8) is 0 Å². The van der Waals surface area contributed by atoms with Gasteiger partial charge in [0.15, 0.2) is 0 Å². The van der Waals surface area contributed by atoms with E-state index in [4.69, 9.17) is 19.9 Å². The molecule has 6 heteroatoms. The molecule has 2 rings (SSSR count). The Kier molecular flexibility index (Phi) is 4.02. The SMILES string of the molecule is CCOc1cccc(Oc2cc(OC)nc(N)n2)c1. The maximum Gasteiger partial charge on any atom is 0.227 e. The molecule has 0 radical (unpaired) electrons. The lowest BCUT2D eigenvalue weighted by atomic mass is 10.3. The minimum atomic E-state index is 0.0929. The molecule has 0 spiro atoms. The molecule has 0 bridgehead atoms. The number of methoxy groups -OCH3 is 1. The molecule has 2 N–H and O–H groups in total. The van der Waals surface area contributed by atoms with Gasteiger partial charge in [0.1, 0.15) is 11.5 Å². The quantitative estimate of drug-likeness (QED) is 0.889. The summed E-state index contributed by atoms with van der Waals surface area (Å²) in [6, 6.07) is 8.82. The summed E-state index contributed by atoms with van der Waals surface area (Å²) in [6.45, 7) is 2.52. The summed E-state index contributed by atoms with van der Waals surface area (Å²) < 4.78 is 16.0. The van der Waals surface area contributed by atoms with Crippen molar-refractivity contribution in [2.45, 2.75) is 6.92 Å². The van der Waals surface area contributed by atoms with E-state index in [1.54, 1.807) is 18.2 Å². The first-order valence-corrected chi connectivity index (χ1v) is 5.80. The number of hydrogen-bond donors (Lipinski definition) is 1. The van der Waals surface area contributed by atoms with E-state index in [1.165, 1.54) is 7.11 Å². The molecule has 0 atom stereocenters. The van der Waals surface area contributed by atoms with Crippen LogP contribution in [0, 0.1) is 0 Å². The van der Waals surface area contributed by atoms with E-state index in [0.717, 1.165) is 5.75 Å². The number of anilines is 1. The van der Waals surface area contributed by atoms with Crippen LogP contribution < -0.4 is 19.9 Å². The monoisotopic (exact) mass is 261 g/mol. The second-order valence-electron chi connectivity index (χ2n) is 3.62. The van der Waals surface area contributed by atoms with E-state index in [9.17, 15) is 0 Å². The van der Waals surface area contributed by atoms with Crippen LogP contribution in [-0.4, -0.2) is 23.7 Å². The number of nitrogen functional groups attached to an aromatic ring is 1. The van der Waals surface area contributed by atoms with Crippen LogP contribution in [0.2, 0.25) is 0 Å². The summed E-state index contributed by atoms with van der Waals surface area (Å²) in [5, 5.41) is 0. The maximum absolute atomic E-state index is 5.60. The van der Waals surface area contributed by atoms with Gasteiger partial charge in [0.25, 0.3) is 0 Å². The van der Waals surface area contributed by atoms with Gasteiger partial charge in [0.05, 0.1) is 19.8 Å². The number of ether oxygens (including phenoxy) is 3. The standard InChI is InChI=1S/C13H15N3O3/c1-3-18-9-5-4-6-10(7-9)19-12-8-11(17-2)15-13(14)16-12/h4-8H,3H2,1-2H3,(H2,14,15,16). The van der Waals surface area contributed by atoms with Crippen molar-refractivity contribution in [3.8, 4) is 23.3 Å². The Balaban J connectivity index is 2.20. The van der Waals surface area contributed by atoms with E-state index >= 15 is 0 Å². The molecule has 0 aliphatic carbocycles. The van der Waals surface area contributed by atoms with Crippen LogP contribution in [0.15, 0.2) is 30.3 Å². The highest BCUT2D eigenvalue weighted by Gasteiger charge is 2.05. The molecule has 0 saturated heterocycles. The van der Waals surface area contributed by atoms with Crippen molar-refractivity contribution in [3.05, 3.63) is 30.3 Å². The molecule has 0 aliphatic rings. The van der Waals surface area contributed by atoms with E-state index in [0.29, 0.717) is 24.1 Å². The molecule has 2 aromatic rings. The Labute approximate surface area is 111 Å². The summed E-state index contributed by atoms with van der Waals surface area (Å²) in [5.74, 6) is 2.09. The van der Waals surface area contributed by atoms with Gasteiger partial charge < -0.3 is 19.9 Å². The Bertz CT molecular complexity index is 561. The van der Waals surface area contributed by atoms with Crippen LogP contribution in [0.1, 0.15) is 6.92 Å². The van der Waals surface area contributed by atoms with Crippen LogP contribution in [0.4, 0.5) is 5.95 Å². The highest BCUT2D eigenvalue weighted by atomic mass is 16.5. The van der Waals surface area contributed by atoms with Crippen molar-refractivity contribution in [1.82, 2.24) is 9.97 Å². The fourth-order valence-corrected chi connectivity index (χ4v) is 1.49. The number of nitrogens with two attached hydrogens (primary N) is 1. The molecular formula is C13H15N3O3. The molecule has 1 aromatic heterocycles. The van der Waals surface area contributed by atoms with Gasteiger partial charge in [-0.3, -0.25) is 0 Å². The first kappa shape index (κ1) is 12.9. The van der Waals surface area contributed by atoms with Gasteiger partial charge in [-0.25, -0.2) is 0 Å². The zero-order valence-electron chi connectivity index (χ0n) is 10.8. The first-order valence-electron chi connectivity index (χ1n) is 5.80. The lowest BCUT2D eigenvalue weighted by Crippen LogP contribution is -1.99. The van der Waals surface area contributed by atoms with Crippen LogP contribution in [-0.2, 0) is 0 Å². The predicted octanol–water partition coefficient (Wildman–Crippen LogP) is 2.26. The zero-order valence-corrected chi connectivity index (χ0v) is 10.8. The van der Waals surface area contributed by atoms with Gasteiger partial charge >= 0.3 is 0 Å². The third-order valence-electron chi connectivity index (χ3n) is 2.24. The van der Waals surface area contributed by atoms with Gasteiger partial charge in [-0.2, -0.15) is 9.97 Å². The molecule has 0 fully saturated rings. The Morgan fingerprint density at radius 2 is 1.84 bits per heavy atom. The highest BCUT2D eigenvalue weighted by molar-refractivity contribution is 5.37. The number of aromatic nitrogens is 2. The first-order chi connectivity index (χ1) is 9.21. The van der Waals surface area contributed by atoms with Gasteiger partial charge in [-0.05, 0) is 19.1 Å². The minimum Gasteiger partial charge on any atom is -0.494 e. The molecule has 1 aromatic carbocycles. The van der Waals surface area contributed by atoms with Crippen molar-refractivity contribution in [1.29, 1.82) is 0 Å². The second kappa shape index (κ2) is 5.90. The van der Waals surface area contributed by atoms with Crippen molar-refractivity contribution in [2.75, 3.05) is 19.5 Å². The highest BCUT2D eigenvalue weighted by Crippen LogP contribution is 2.26. The number of rotatable bonds is 5. The smallest absolute Gasteiger partial charge is 0.227 e. The Hall–Kier alpha value is -2.50. The summed E-state index contributed by atoms with van der Waals surface area (Å²) in [5.41, 5.74) is 5.56. The largest absolute Gasteiger partial charge is 0.494 e. The van der Waals surface area contributed by atoms with Crippen LogP contribution in [0.25, 0.3) is 0 Å². The number of nitrogens with zero attached hydrogens (tertiary/aromatic N) is 2. The Morgan fingerprint density at radius 1 is 1.11 bits per heavy atom. The molecule has 6 nitrogen and oxygen atoms in total. The van der Waals surface area contributed by atoms with Crippen molar-refractivity contribution in [2.24, 2.45) is 0 Å². The van der Waals surface area contributed by atoms with Crippen molar-refractivity contribution < 1.29 is 14.2 Å². The zero-order chi connectivity index (χ0) is 13.7. The van der Waals surface area contributed by atoms with Gasteiger partial charge in [0.2, 0.25) is 17.7 Å². The molecule has 0 saturated carbocycles. The lowest BCUT2D eigenvalue weighted by molar-refractivity contribution is 0.337. The molecule has 1 heterocycles. The second-order valence-corrected chi connectivity index (χ2v) is 3.62. The normalized spacial score (nSPS) is 10.0. The van der Waals surface area contributed by atoms with Crippen LogP contribution in [0.3, 0.4) is 0 Å². The van der Waals surface area contributed by atoms with Crippen LogP contribution >= 0.6 is 0 Å². The van der Waals surface area contributed by atoms with E-state index in [2.05, 4.69) is 9.97 Å². The van der Waals surface area contributed by atoms with E-state index < -0.39 is 0 Å². The van der Waals surface area contributed by atoms with Gasteiger partial charge in [-0.1, -0.05) is 6.07 Å². The fourth-order valence-electron chi connectivity index (χ4n) is 1.49. The van der Waals surface area contributed by atoms with E-state index in [-0.39, 0.29) is 5.95 Å². The summed E-state index contributed by atoms with van der Waals surface area (Å²) in [7, 11) is 1.50. The number of benzene rings is 1. The Morgan fingerprint density at radius 3 is 2.58 bits per heavy atom. The summed E-state index contributed by atoms with van der Waals surface area (Å²) in [6.07, 6.45) is 0. The summed E-state index contributed by atoms with van der Waals surface area (Å²) >= 11 is 0. The fraction of sp³-hybridized carbons (Fsp3) is 0.231. The summed E-state index contributed by atoms with van der Waals surface area (Å²) in [4.78, 5) is 7.86. The molecule has 0 amide bonds. The molecule has 0 aliphatic heterocycles. The molecule has 100 valence electrons. The number of hydrogen-bond acceptors (Lipinski definition) is 6. The molecule has 19 heavy (non-hydrogen) atoms. The van der Waals surface area contributed by atoms with E-state index in [1.807, 2.05) is 19.1 Å². The molecule has 0 unspecified atom stereocenters. The minimum absolute atomic E-state index is 0.0929. The predicted molar refractivity (Wildman–Crippen MR) is 70.7 cm³/mol. The lowest BCUT2D eigenvalue weighted by Gasteiger charge is -2.08. The topological polar surface area (TPSA) is 79.5 Å². The average molecular weight is 261 g/mol. The van der Waals surface area contributed by atoms with Crippen LogP contribution in [0.5, 0.6) is 23.3 Å². The average Bonchev–Trinajstić information content (AvgIpc) is 2.39. The van der Waals surface area contributed by atoms with Crippen molar-refractivity contribution >= 4 is 5.95 Å². The third-order valence-corrected chi connectivity index (χ3v) is 2.24. The van der Waals surface area contributed by atoms with Gasteiger partial charge in [-0.15, -0.1) is 0 Å². The van der Waals surface area contributed by atoms with Gasteiger partial charge in [0, 0.05) is 6.07 Å². The maximum atomic E-state index is 5.60. The third kappa shape index (κ3) is 3.48. The molecular weight excluding hydrogens is 246 g/mol.